The molecule has 44 valence electrons. The third-order valence-corrected chi connectivity index (χ3v) is 0.262. The Balaban J connectivity index is 2.45. The zero-order valence-electron chi connectivity index (χ0n) is 4.34. The Morgan fingerprint density at radius 2 is 2.00 bits per heavy atom. The topological polar surface area (TPSA) is 36.9 Å². The van der Waals surface area contributed by atoms with Gasteiger partial charge in [-0.3, -0.25) is 0 Å². The highest BCUT2D eigenvalue weighted by atomic mass is 17.7. The molecule has 0 rings (SSSR count). The van der Waals surface area contributed by atoms with Crippen molar-refractivity contribution >= 4 is 0 Å². The van der Waals surface area contributed by atoms with Crippen molar-refractivity contribution in [1.82, 2.24) is 0 Å². The second-order valence-corrected chi connectivity index (χ2v) is 0.709. The summed E-state index contributed by atoms with van der Waals surface area (Å²) in [5.41, 5.74) is 0. The van der Waals surface area contributed by atoms with Gasteiger partial charge in [0.15, 0.2) is 0 Å². The van der Waals surface area contributed by atoms with Crippen LogP contribution in [0.5, 0.6) is 0 Å². The van der Waals surface area contributed by atoms with E-state index in [0.717, 1.165) is 0 Å². The molecule has 0 aromatic heterocycles. The molecule has 7 heavy (non-hydrogen) atoms. The molecule has 0 aliphatic rings. The minimum Gasteiger partial charge on any atom is -0.207 e. The van der Waals surface area contributed by atoms with Crippen molar-refractivity contribution in [1.29, 1.82) is 0 Å². The van der Waals surface area contributed by atoms with Gasteiger partial charge in [-0.05, 0) is 17.0 Å². The normalized spacial score (nSPS) is 9.43. The molecule has 0 aromatic rings. The average Bonchev–Trinajstić information content (AvgIpc) is 1.69. The van der Waals surface area contributed by atoms with E-state index >= 15 is 0 Å². The quantitative estimate of drug-likeness (QED) is 0.297. The van der Waals surface area contributed by atoms with Crippen LogP contribution in [0.1, 0.15) is 6.92 Å². The molecule has 0 amide bonds. The molecule has 0 spiro atoms. The van der Waals surface area contributed by atoms with Crippen molar-refractivity contribution in [2.75, 3.05) is 13.7 Å². The van der Waals surface area contributed by atoms with Crippen LogP contribution in [0, 0.1) is 0 Å². The first-order valence-corrected chi connectivity index (χ1v) is 1.90. The van der Waals surface area contributed by atoms with E-state index < -0.39 is 0 Å². The smallest absolute Gasteiger partial charge is 0.0826 e. The number of hydrogen-bond donors (Lipinski definition) is 0. The molecule has 0 aromatic carbocycles. The third kappa shape index (κ3) is 5.84. The van der Waals surface area contributed by atoms with Gasteiger partial charge in [0.25, 0.3) is 0 Å². The first kappa shape index (κ1) is 6.84. The predicted molar refractivity (Wildman–Crippen MR) is 20.8 cm³/mol. The summed E-state index contributed by atoms with van der Waals surface area (Å²) >= 11 is 0. The van der Waals surface area contributed by atoms with Crippen LogP contribution in [0.15, 0.2) is 0 Å². The van der Waals surface area contributed by atoms with E-state index in [1.54, 1.807) is 6.92 Å². The van der Waals surface area contributed by atoms with E-state index in [9.17, 15) is 0 Å². The second-order valence-electron chi connectivity index (χ2n) is 0.709. The van der Waals surface area contributed by atoms with Crippen molar-refractivity contribution in [3.05, 3.63) is 0 Å². The fourth-order valence-corrected chi connectivity index (χ4v) is 0.0955. The van der Waals surface area contributed by atoms with Crippen molar-refractivity contribution in [3.8, 4) is 0 Å². The van der Waals surface area contributed by atoms with Crippen LogP contribution in [0.3, 0.4) is 0 Å². The fraction of sp³-hybridized carbons (Fsp3) is 1.00. The highest BCUT2D eigenvalue weighted by molar-refractivity contribution is 3.89. The number of rotatable bonds is 4. The minimum absolute atomic E-state index is 0.434. The van der Waals surface area contributed by atoms with Crippen LogP contribution < -0.4 is 0 Å². The first-order chi connectivity index (χ1) is 3.41. The standard InChI is InChI=1S/C3H8O4/c1-3-5-7-6-4-2/h3H2,1-2H3. The summed E-state index contributed by atoms with van der Waals surface area (Å²) in [6.07, 6.45) is 0. The van der Waals surface area contributed by atoms with Gasteiger partial charge in [0.05, 0.1) is 13.7 Å². The SMILES string of the molecule is CCOOOOC. The lowest BCUT2D eigenvalue weighted by atomic mass is 10.9. The van der Waals surface area contributed by atoms with Crippen LogP contribution in [-0.4, -0.2) is 13.7 Å². The summed E-state index contributed by atoms with van der Waals surface area (Å²) in [4.78, 5) is 8.22. The van der Waals surface area contributed by atoms with E-state index in [2.05, 4.69) is 19.9 Å². The molecular formula is C3H8O4. The maximum atomic E-state index is 4.23. The monoisotopic (exact) mass is 108 g/mol. The van der Waals surface area contributed by atoms with E-state index in [0.29, 0.717) is 6.61 Å². The average molecular weight is 108 g/mol. The lowest BCUT2D eigenvalue weighted by Crippen LogP contribution is -1.93. The molecule has 0 bridgehead atoms. The van der Waals surface area contributed by atoms with Crippen molar-refractivity contribution in [2.24, 2.45) is 0 Å². The van der Waals surface area contributed by atoms with Gasteiger partial charge in [-0.25, -0.2) is 9.78 Å². The summed E-state index contributed by atoms with van der Waals surface area (Å²) in [5.74, 6) is 0. The van der Waals surface area contributed by atoms with Gasteiger partial charge in [-0.1, -0.05) is 0 Å². The number of hydrogen-bond acceptors (Lipinski definition) is 4. The van der Waals surface area contributed by atoms with E-state index in [1.807, 2.05) is 0 Å². The van der Waals surface area contributed by atoms with Gasteiger partial charge in [0.2, 0.25) is 0 Å². The highest BCUT2D eigenvalue weighted by Gasteiger charge is 1.78. The Labute approximate surface area is 41.7 Å². The molecule has 0 fully saturated rings. The van der Waals surface area contributed by atoms with Gasteiger partial charge in [-0.2, -0.15) is 0 Å². The van der Waals surface area contributed by atoms with Crippen LogP contribution in [0.2, 0.25) is 0 Å². The third-order valence-electron chi connectivity index (χ3n) is 0.262. The Bertz CT molecular complexity index is 26.1. The molecule has 0 heterocycles. The van der Waals surface area contributed by atoms with Gasteiger partial charge in [0.1, 0.15) is 0 Å². The molecule has 4 nitrogen and oxygen atoms in total. The van der Waals surface area contributed by atoms with Crippen LogP contribution in [0.4, 0.5) is 0 Å². The largest absolute Gasteiger partial charge is 0.207 e. The van der Waals surface area contributed by atoms with Gasteiger partial charge >= 0.3 is 0 Å². The van der Waals surface area contributed by atoms with E-state index in [1.165, 1.54) is 7.11 Å². The van der Waals surface area contributed by atoms with Crippen LogP contribution in [-0.2, 0) is 19.9 Å². The van der Waals surface area contributed by atoms with E-state index in [-0.39, 0.29) is 0 Å². The van der Waals surface area contributed by atoms with Crippen LogP contribution >= 0.6 is 0 Å². The second kappa shape index (κ2) is 5.84. The van der Waals surface area contributed by atoms with Gasteiger partial charge < -0.3 is 0 Å². The maximum absolute atomic E-state index is 4.23. The summed E-state index contributed by atoms with van der Waals surface area (Å²) in [5, 5.41) is 7.76. The molecule has 0 aliphatic carbocycles. The predicted octanol–water partition coefficient (Wildman–Crippen LogP) is 0.448. The molecule has 0 N–H and O–H groups in total. The molecule has 0 saturated carbocycles. The summed E-state index contributed by atoms with van der Waals surface area (Å²) in [6, 6.07) is 0. The summed E-state index contributed by atoms with van der Waals surface area (Å²) in [6.45, 7) is 2.20. The Hall–Kier alpha value is -0.160. The van der Waals surface area contributed by atoms with E-state index in [4.69, 9.17) is 0 Å². The summed E-state index contributed by atoms with van der Waals surface area (Å²) < 4.78 is 0. The zero-order valence-corrected chi connectivity index (χ0v) is 4.34. The zero-order chi connectivity index (χ0) is 5.54. The van der Waals surface area contributed by atoms with Gasteiger partial charge in [-0.15, -0.1) is 0 Å². The van der Waals surface area contributed by atoms with Crippen molar-refractivity contribution in [3.63, 3.8) is 0 Å². The van der Waals surface area contributed by atoms with Crippen molar-refractivity contribution < 1.29 is 19.9 Å². The van der Waals surface area contributed by atoms with Gasteiger partial charge in [0, 0.05) is 0 Å². The molecule has 4 heteroatoms. The molecule has 0 unspecified atom stereocenters. The van der Waals surface area contributed by atoms with Crippen LogP contribution in [0.25, 0.3) is 0 Å². The molecule has 0 saturated heterocycles. The Morgan fingerprint density at radius 3 is 2.43 bits per heavy atom. The molecule has 0 atom stereocenters. The minimum atomic E-state index is 0.434. The molecule has 0 aliphatic heterocycles. The highest BCUT2D eigenvalue weighted by Crippen LogP contribution is 1.77. The maximum Gasteiger partial charge on any atom is 0.0826 e. The van der Waals surface area contributed by atoms with Crippen molar-refractivity contribution in [2.45, 2.75) is 6.92 Å². The lowest BCUT2D eigenvalue weighted by Gasteiger charge is -1.93. The molecular weight excluding hydrogens is 100 g/mol. The lowest BCUT2D eigenvalue weighted by molar-refractivity contribution is -0.628. The molecule has 0 radical (unpaired) electrons. The summed E-state index contributed by atoms with van der Waals surface area (Å²) in [7, 11) is 1.32. The Kier molecular flexibility index (Phi) is 5.71. The Morgan fingerprint density at radius 1 is 1.29 bits per heavy atom. The first-order valence-electron chi connectivity index (χ1n) is 1.90. The fourth-order valence-electron chi connectivity index (χ4n) is 0.0955.